The van der Waals surface area contributed by atoms with Crippen molar-refractivity contribution in [2.24, 2.45) is 7.05 Å². The van der Waals surface area contributed by atoms with Crippen LogP contribution in [0.1, 0.15) is 21.7 Å². The van der Waals surface area contributed by atoms with E-state index in [1.807, 2.05) is 6.92 Å². The number of aromatic nitrogens is 2. The average Bonchev–Trinajstić information content (AvgIpc) is 2.79. The predicted molar refractivity (Wildman–Crippen MR) is 92.3 cm³/mol. The van der Waals surface area contributed by atoms with Crippen LogP contribution in [0, 0.1) is 13.8 Å². The number of halogens is 1. The van der Waals surface area contributed by atoms with E-state index in [0.717, 1.165) is 5.69 Å². The molecular formula is C16H18BrN3O4. The second-order valence-electron chi connectivity index (χ2n) is 5.14. The zero-order valence-electron chi connectivity index (χ0n) is 13.8. The van der Waals surface area contributed by atoms with Crippen LogP contribution in [0.5, 0.6) is 5.75 Å². The Kier molecular flexibility index (Phi) is 5.61. The highest BCUT2D eigenvalue weighted by Crippen LogP contribution is 2.23. The highest BCUT2D eigenvalue weighted by atomic mass is 79.9. The molecule has 1 aromatic heterocycles. The molecule has 2 rings (SSSR count). The van der Waals surface area contributed by atoms with Crippen LogP contribution in [0.2, 0.25) is 0 Å². The third-order valence-electron chi connectivity index (χ3n) is 3.50. The number of hydrogen-bond acceptors (Lipinski definition) is 5. The molecule has 0 aliphatic rings. The molecule has 24 heavy (non-hydrogen) atoms. The molecule has 0 bridgehead atoms. The van der Waals surface area contributed by atoms with Gasteiger partial charge < -0.3 is 14.8 Å². The Morgan fingerprint density at radius 1 is 1.33 bits per heavy atom. The van der Waals surface area contributed by atoms with Gasteiger partial charge in [0.1, 0.15) is 5.75 Å². The van der Waals surface area contributed by atoms with Crippen molar-refractivity contribution in [2.45, 2.75) is 13.8 Å². The van der Waals surface area contributed by atoms with Gasteiger partial charge >= 0.3 is 5.97 Å². The van der Waals surface area contributed by atoms with Gasteiger partial charge in [-0.25, -0.2) is 4.79 Å². The number of rotatable bonds is 5. The molecule has 0 aliphatic carbocycles. The van der Waals surface area contributed by atoms with E-state index in [2.05, 4.69) is 26.3 Å². The highest BCUT2D eigenvalue weighted by molar-refractivity contribution is 9.10. The molecule has 1 amide bonds. The van der Waals surface area contributed by atoms with Gasteiger partial charge in [-0.2, -0.15) is 5.10 Å². The lowest BCUT2D eigenvalue weighted by Gasteiger charge is -2.09. The molecule has 1 aromatic carbocycles. The van der Waals surface area contributed by atoms with Crippen molar-refractivity contribution in [1.82, 2.24) is 9.78 Å². The van der Waals surface area contributed by atoms with Crippen LogP contribution in [-0.2, 0) is 16.6 Å². The molecule has 8 heteroatoms. The van der Waals surface area contributed by atoms with Crippen LogP contribution in [-0.4, -0.2) is 35.4 Å². The van der Waals surface area contributed by atoms with E-state index in [0.29, 0.717) is 21.6 Å². The van der Waals surface area contributed by atoms with Crippen LogP contribution in [0.3, 0.4) is 0 Å². The number of aryl methyl sites for hydroxylation is 2. The summed E-state index contributed by atoms with van der Waals surface area (Å²) < 4.78 is 12.4. The number of methoxy groups -OCH3 is 1. The fraction of sp³-hybridized carbons (Fsp3) is 0.312. The van der Waals surface area contributed by atoms with Gasteiger partial charge in [0.15, 0.2) is 6.61 Å². The van der Waals surface area contributed by atoms with Crippen molar-refractivity contribution >= 4 is 33.5 Å². The third kappa shape index (κ3) is 3.94. The van der Waals surface area contributed by atoms with Crippen LogP contribution >= 0.6 is 15.9 Å². The Morgan fingerprint density at radius 2 is 2.04 bits per heavy atom. The van der Waals surface area contributed by atoms with E-state index in [1.165, 1.54) is 7.11 Å². The maximum atomic E-state index is 12.1. The summed E-state index contributed by atoms with van der Waals surface area (Å²) in [7, 11) is 3.29. The largest absolute Gasteiger partial charge is 0.497 e. The van der Waals surface area contributed by atoms with E-state index in [4.69, 9.17) is 9.47 Å². The molecule has 0 unspecified atom stereocenters. The van der Waals surface area contributed by atoms with Crippen molar-refractivity contribution in [3.05, 3.63) is 39.6 Å². The Labute approximate surface area is 148 Å². The fourth-order valence-corrected chi connectivity index (χ4v) is 2.54. The minimum atomic E-state index is -0.615. The summed E-state index contributed by atoms with van der Waals surface area (Å²) in [4.78, 5) is 24.1. The van der Waals surface area contributed by atoms with Crippen molar-refractivity contribution in [3.8, 4) is 5.75 Å². The van der Waals surface area contributed by atoms with Crippen LogP contribution in [0.25, 0.3) is 0 Å². The lowest BCUT2D eigenvalue weighted by molar-refractivity contribution is -0.119. The number of hydrogen-bond donors (Lipinski definition) is 1. The maximum absolute atomic E-state index is 12.1. The number of benzene rings is 1. The summed E-state index contributed by atoms with van der Waals surface area (Å²) in [6.45, 7) is 3.24. The van der Waals surface area contributed by atoms with Gasteiger partial charge in [0.25, 0.3) is 5.91 Å². The van der Waals surface area contributed by atoms with Gasteiger partial charge in [0.05, 0.1) is 29.7 Å². The third-order valence-corrected chi connectivity index (χ3v) is 4.19. The first kappa shape index (κ1) is 18.0. The number of ether oxygens (including phenoxy) is 2. The highest BCUT2D eigenvalue weighted by Gasteiger charge is 2.17. The molecule has 0 spiro atoms. The van der Waals surface area contributed by atoms with Gasteiger partial charge in [-0.3, -0.25) is 9.48 Å². The summed E-state index contributed by atoms with van der Waals surface area (Å²) >= 11 is 3.27. The van der Waals surface area contributed by atoms with Crippen molar-refractivity contribution in [3.63, 3.8) is 0 Å². The zero-order valence-corrected chi connectivity index (χ0v) is 15.4. The molecular weight excluding hydrogens is 378 g/mol. The molecule has 0 saturated carbocycles. The van der Waals surface area contributed by atoms with E-state index in [1.54, 1.807) is 36.9 Å². The van der Waals surface area contributed by atoms with Gasteiger partial charge in [-0.15, -0.1) is 0 Å². The summed E-state index contributed by atoms with van der Waals surface area (Å²) in [5.41, 5.74) is 2.44. The Morgan fingerprint density at radius 3 is 2.62 bits per heavy atom. The van der Waals surface area contributed by atoms with Gasteiger partial charge in [-0.05, 0) is 48.0 Å². The number of esters is 1. The number of nitrogens with one attached hydrogen (secondary N) is 1. The Hall–Kier alpha value is -2.35. The zero-order chi connectivity index (χ0) is 17.9. The number of anilines is 1. The lowest BCUT2D eigenvalue weighted by Crippen LogP contribution is -2.21. The maximum Gasteiger partial charge on any atom is 0.339 e. The standard InChI is InChI=1S/C16H18BrN3O4/c1-9-15(10(2)20(3)19-9)18-14(21)8-24-16(22)12-7-11(23-4)5-6-13(12)17/h5-7H,8H2,1-4H3,(H,18,21). The topological polar surface area (TPSA) is 82.4 Å². The van der Waals surface area contributed by atoms with E-state index >= 15 is 0 Å². The van der Waals surface area contributed by atoms with Crippen LogP contribution in [0.15, 0.2) is 22.7 Å². The minimum Gasteiger partial charge on any atom is -0.497 e. The number of amides is 1. The number of nitrogens with zero attached hydrogens (tertiary/aromatic N) is 2. The van der Waals surface area contributed by atoms with E-state index in [-0.39, 0.29) is 5.56 Å². The second-order valence-corrected chi connectivity index (χ2v) is 5.99. The fourth-order valence-electron chi connectivity index (χ4n) is 2.13. The number of carbonyl (C=O) groups excluding carboxylic acids is 2. The lowest BCUT2D eigenvalue weighted by atomic mass is 10.2. The summed E-state index contributed by atoms with van der Waals surface area (Å²) in [5.74, 6) is -0.520. The van der Waals surface area contributed by atoms with Gasteiger partial charge in [0.2, 0.25) is 0 Å². The first-order valence-corrected chi connectivity index (χ1v) is 7.93. The van der Waals surface area contributed by atoms with Crippen molar-refractivity contribution < 1.29 is 19.1 Å². The molecule has 0 fully saturated rings. The molecule has 1 heterocycles. The van der Waals surface area contributed by atoms with Crippen LogP contribution in [0.4, 0.5) is 5.69 Å². The second kappa shape index (κ2) is 7.48. The molecule has 0 aliphatic heterocycles. The molecule has 0 saturated heterocycles. The van der Waals surface area contributed by atoms with Crippen molar-refractivity contribution in [1.29, 1.82) is 0 Å². The summed E-state index contributed by atoms with van der Waals surface area (Å²) in [6, 6.07) is 4.93. The van der Waals surface area contributed by atoms with Crippen molar-refractivity contribution in [2.75, 3.05) is 19.0 Å². The first-order chi connectivity index (χ1) is 11.3. The minimum absolute atomic E-state index is 0.288. The van der Waals surface area contributed by atoms with E-state index in [9.17, 15) is 9.59 Å². The normalized spacial score (nSPS) is 10.4. The molecule has 2 aromatic rings. The predicted octanol–water partition coefficient (Wildman–Crippen LogP) is 2.60. The number of carbonyl (C=O) groups is 2. The SMILES string of the molecule is COc1ccc(Br)c(C(=O)OCC(=O)Nc2c(C)nn(C)c2C)c1. The Bertz CT molecular complexity index is 786. The van der Waals surface area contributed by atoms with Gasteiger partial charge in [-0.1, -0.05) is 0 Å². The molecule has 128 valence electrons. The van der Waals surface area contributed by atoms with Gasteiger partial charge in [0, 0.05) is 11.5 Å². The average molecular weight is 396 g/mol. The molecule has 1 N–H and O–H groups in total. The first-order valence-electron chi connectivity index (χ1n) is 7.14. The van der Waals surface area contributed by atoms with E-state index < -0.39 is 18.5 Å². The monoisotopic (exact) mass is 395 g/mol. The van der Waals surface area contributed by atoms with Crippen LogP contribution < -0.4 is 10.1 Å². The Balaban J connectivity index is 2.00. The summed E-state index contributed by atoms with van der Waals surface area (Å²) in [6.07, 6.45) is 0. The molecule has 0 radical (unpaired) electrons. The molecule has 0 atom stereocenters. The molecule has 7 nitrogen and oxygen atoms in total. The smallest absolute Gasteiger partial charge is 0.339 e. The summed E-state index contributed by atoms with van der Waals surface area (Å²) in [5, 5.41) is 6.92. The quantitative estimate of drug-likeness (QED) is 0.786.